The standard InChI is InChI=1S/C15H29F3/c1-4-6-8-11-14(3,10-7-5-2)12-9-13-15(16,17)18/h4-13H2,1-3H3. The smallest absolute Gasteiger partial charge is 0.171 e. The third kappa shape index (κ3) is 9.78. The molecule has 0 N–H and O–H groups in total. The second-order valence-corrected chi connectivity index (χ2v) is 5.84. The molecular weight excluding hydrogens is 237 g/mol. The van der Waals surface area contributed by atoms with Crippen LogP contribution in [-0.4, -0.2) is 6.18 Å². The summed E-state index contributed by atoms with van der Waals surface area (Å²) < 4.78 is 36.6. The maximum absolute atomic E-state index is 12.2. The highest BCUT2D eigenvalue weighted by atomic mass is 19.4. The van der Waals surface area contributed by atoms with Crippen LogP contribution in [-0.2, 0) is 0 Å². The van der Waals surface area contributed by atoms with Crippen molar-refractivity contribution in [3.05, 3.63) is 0 Å². The molecule has 0 heterocycles. The van der Waals surface area contributed by atoms with Crippen LogP contribution in [0, 0.1) is 5.41 Å². The zero-order chi connectivity index (χ0) is 14.1. The van der Waals surface area contributed by atoms with E-state index in [1.165, 1.54) is 12.8 Å². The van der Waals surface area contributed by atoms with Crippen molar-refractivity contribution < 1.29 is 13.2 Å². The molecule has 0 bridgehead atoms. The largest absolute Gasteiger partial charge is 0.389 e. The first-order valence-corrected chi connectivity index (χ1v) is 7.40. The molecule has 0 spiro atoms. The number of unbranched alkanes of at least 4 members (excludes halogenated alkanes) is 3. The van der Waals surface area contributed by atoms with Crippen molar-refractivity contribution in [2.24, 2.45) is 5.41 Å². The molecule has 1 atom stereocenters. The SMILES string of the molecule is CCCCCC(C)(CCCC)CCCC(F)(F)F. The molecule has 0 aliphatic rings. The summed E-state index contributed by atoms with van der Waals surface area (Å²) in [5.74, 6) is 0. The monoisotopic (exact) mass is 266 g/mol. The Morgan fingerprint density at radius 2 is 1.17 bits per heavy atom. The van der Waals surface area contributed by atoms with E-state index >= 15 is 0 Å². The Bertz CT molecular complexity index is 198. The highest BCUT2D eigenvalue weighted by Gasteiger charge is 2.29. The van der Waals surface area contributed by atoms with Gasteiger partial charge in [-0.2, -0.15) is 13.2 Å². The van der Waals surface area contributed by atoms with Gasteiger partial charge in [0.15, 0.2) is 0 Å². The zero-order valence-electron chi connectivity index (χ0n) is 12.2. The van der Waals surface area contributed by atoms with Gasteiger partial charge in [-0.15, -0.1) is 0 Å². The van der Waals surface area contributed by atoms with E-state index in [4.69, 9.17) is 0 Å². The molecule has 18 heavy (non-hydrogen) atoms. The summed E-state index contributed by atoms with van der Waals surface area (Å²) in [6.07, 6.45) is 4.33. The fourth-order valence-electron chi connectivity index (χ4n) is 2.50. The van der Waals surface area contributed by atoms with Crippen LogP contribution in [0.4, 0.5) is 13.2 Å². The number of hydrogen-bond donors (Lipinski definition) is 0. The van der Waals surface area contributed by atoms with Crippen molar-refractivity contribution in [3.8, 4) is 0 Å². The van der Waals surface area contributed by atoms with Gasteiger partial charge in [0, 0.05) is 6.42 Å². The Morgan fingerprint density at radius 3 is 1.67 bits per heavy atom. The second-order valence-electron chi connectivity index (χ2n) is 5.84. The van der Waals surface area contributed by atoms with Crippen LogP contribution in [0.1, 0.15) is 85.0 Å². The molecular formula is C15H29F3. The lowest BCUT2D eigenvalue weighted by molar-refractivity contribution is -0.136. The van der Waals surface area contributed by atoms with E-state index in [9.17, 15) is 13.2 Å². The number of alkyl halides is 3. The van der Waals surface area contributed by atoms with Crippen molar-refractivity contribution in [2.75, 3.05) is 0 Å². The molecule has 0 amide bonds. The van der Waals surface area contributed by atoms with Gasteiger partial charge < -0.3 is 0 Å². The van der Waals surface area contributed by atoms with Crippen LogP contribution in [0.2, 0.25) is 0 Å². The molecule has 0 rings (SSSR count). The van der Waals surface area contributed by atoms with Gasteiger partial charge in [0.25, 0.3) is 0 Å². The van der Waals surface area contributed by atoms with E-state index in [0.29, 0.717) is 0 Å². The first-order valence-electron chi connectivity index (χ1n) is 7.40. The summed E-state index contributed by atoms with van der Waals surface area (Å²) in [6.45, 7) is 6.48. The van der Waals surface area contributed by atoms with Gasteiger partial charge in [0.2, 0.25) is 0 Å². The van der Waals surface area contributed by atoms with Crippen LogP contribution in [0.25, 0.3) is 0 Å². The minimum absolute atomic E-state index is 0.121. The maximum Gasteiger partial charge on any atom is 0.389 e. The van der Waals surface area contributed by atoms with Gasteiger partial charge in [0.05, 0.1) is 0 Å². The lowest BCUT2D eigenvalue weighted by Crippen LogP contribution is -2.18. The first-order chi connectivity index (χ1) is 8.33. The van der Waals surface area contributed by atoms with Gasteiger partial charge >= 0.3 is 6.18 Å². The third-order valence-electron chi connectivity index (χ3n) is 3.76. The molecule has 0 aromatic rings. The quantitative estimate of drug-likeness (QED) is 0.396. The average Bonchev–Trinajstić information content (AvgIpc) is 2.25. The zero-order valence-corrected chi connectivity index (χ0v) is 12.2. The van der Waals surface area contributed by atoms with Gasteiger partial charge in [-0.05, 0) is 31.1 Å². The maximum atomic E-state index is 12.2. The normalized spacial score (nSPS) is 15.7. The molecule has 3 heteroatoms. The van der Waals surface area contributed by atoms with Crippen LogP contribution >= 0.6 is 0 Å². The van der Waals surface area contributed by atoms with Crippen molar-refractivity contribution in [1.29, 1.82) is 0 Å². The van der Waals surface area contributed by atoms with E-state index in [2.05, 4.69) is 20.8 Å². The average molecular weight is 266 g/mol. The Balaban J connectivity index is 4.10. The van der Waals surface area contributed by atoms with Gasteiger partial charge in [-0.1, -0.05) is 52.9 Å². The summed E-state index contributed by atoms with van der Waals surface area (Å²) in [7, 11) is 0. The highest BCUT2D eigenvalue weighted by Crippen LogP contribution is 2.37. The van der Waals surface area contributed by atoms with Gasteiger partial charge in [-0.25, -0.2) is 0 Å². The molecule has 0 saturated heterocycles. The van der Waals surface area contributed by atoms with Crippen LogP contribution in [0.5, 0.6) is 0 Å². The molecule has 1 unspecified atom stereocenters. The van der Waals surface area contributed by atoms with E-state index in [1.54, 1.807) is 0 Å². The third-order valence-corrected chi connectivity index (χ3v) is 3.76. The van der Waals surface area contributed by atoms with E-state index < -0.39 is 12.6 Å². The summed E-state index contributed by atoms with van der Waals surface area (Å²) in [5, 5.41) is 0. The highest BCUT2D eigenvalue weighted by molar-refractivity contribution is 4.75. The lowest BCUT2D eigenvalue weighted by atomic mass is 9.76. The molecule has 0 aliphatic carbocycles. The van der Waals surface area contributed by atoms with E-state index in [1.807, 2.05) is 0 Å². The lowest BCUT2D eigenvalue weighted by Gasteiger charge is -2.30. The topological polar surface area (TPSA) is 0 Å². The minimum atomic E-state index is -3.99. The van der Waals surface area contributed by atoms with Crippen molar-refractivity contribution in [2.45, 2.75) is 91.2 Å². The Morgan fingerprint density at radius 1 is 0.667 bits per heavy atom. The molecule has 0 saturated carbocycles. The van der Waals surface area contributed by atoms with Crippen molar-refractivity contribution >= 4 is 0 Å². The van der Waals surface area contributed by atoms with Gasteiger partial charge in [-0.3, -0.25) is 0 Å². The molecule has 110 valence electrons. The van der Waals surface area contributed by atoms with Crippen molar-refractivity contribution in [3.63, 3.8) is 0 Å². The van der Waals surface area contributed by atoms with E-state index in [0.717, 1.165) is 38.5 Å². The molecule has 0 aliphatic heterocycles. The fraction of sp³-hybridized carbons (Fsp3) is 1.00. The predicted octanol–water partition coefficient (Wildman–Crippen LogP) is 6.50. The predicted molar refractivity (Wildman–Crippen MR) is 71.7 cm³/mol. The molecule has 0 aromatic heterocycles. The Hall–Kier alpha value is -0.210. The molecule has 0 aromatic carbocycles. The number of hydrogen-bond acceptors (Lipinski definition) is 0. The summed E-state index contributed by atoms with van der Waals surface area (Å²) in [5.41, 5.74) is 0.121. The first kappa shape index (κ1) is 17.8. The summed E-state index contributed by atoms with van der Waals surface area (Å²) >= 11 is 0. The molecule has 0 fully saturated rings. The Kier molecular flexibility index (Phi) is 8.71. The second kappa shape index (κ2) is 8.82. The number of halogens is 3. The van der Waals surface area contributed by atoms with E-state index in [-0.39, 0.29) is 11.8 Å². The molecule has 0 radical (unpaired) electrons. The van der Waals surface area contributed by atoms with Crippen LogP contribution < -0.4 is 0 Å². The molecule has 0 nitrogen and oxygen atoms in total. The van der Waals surface area contributed by atoms with Gasteiger partial charge in [0.1, 0.15) is 0 Å². The van der Waals surface area contributed by atoms with Crippen molar-refractivity contribution in [1.82, 2.24) is 0 Å². The van der Waals surface area contributed by atoms with Crippen LogP contribution in [0.15, 0.2) is 0 Å². The Labute approximate surface area is 110 Å². The summed E-state index contributed by atoms with van der Waals surface area (Å²) in [4.78, 5) is 0. The minimum Gasteiger partial charge on any atom is -0.171 e. The van der Waals surface area contributed by atoms with Crippen LogP contribution in [0.3, 0.4) is 0 Å². The summed E-state index contributed by atoms with van der Waals surface area (Å²) in [6, 6.07) is 0. The number of rotatable bonds is 10. The fourth-order valence-corrected chi connectivity index (χ4v) is 2.50.